The Morgan fingerprint density at radius 3 is 2.36 bits per heavy atom. The van der Waals surface area contributed by atoms with Gasteiger partial charge < -0.3 is 10.3 Å². The van der Waals surface area contributed by atoms with Gasteiger partial charge in [0.05, 0.1) is 16.2 Å². The monoisotopic (exact) mass is 481 g/mol. The minimum Gasteiger partial charge on any atom is -0.383 e. The highest BCUT2D eigenvalue weighted by Crippen LogP contribution is 2.45. The van der Waals surface area contributed by atoms with Gasteiger partial charge in [0.15, 0.2) is 15.7 Å². The lowest BCUT2D eigenvalue weighted by molar-refractivity contribution is -0.144. The van der Waals surface area contributed by atoms with Crippen LogP contribution in [0.1, 0.15) is 55.8 Å². The van der Waals surface area contributed by atoms with Crippen molar-refractivity contribution >= 4 is 26.7 Å². The Morgan fingerprint density at radius 2 is 1.82 bits per heavy atom. The van der Waals surface area contributed by atoms with E-state index >= 15 is 0 Å². The Labute approximate surface area is 187 Å². The fraction of sp³-hybridized carbons (Fsp3) is 0.476. The Morgan fingerprint density at radius 1 is 1.15 bits per heavy atom. The molecule has 176 valence electrons. The van der Waals surface area contributed by atoms with Crippen LogP contribution in [0.3, 0.4) is 0 Å². The summed E-state index contributed by atoms with van der Waals surface area (Å²) in [6.45, 7) is 1.49. The standard InChI is InChI=1S/C21H22F3N5O3S/c1-3-33(31,32)14-8-12(10-4-5-10)18(25)27-16(14)19-26-13-9-15(21(22,23)24)29(11-6-7-11)20(30)17(13)28(19)2/h8-11H,3-7H2,1-2H3,(H2,25,27). The van der Waals surface area contributed by atoms with E-state index in [-0.39, 0.29) is 44.9 Å². The molecule has 2 aliphatic carbocycles. The highest BCUT2D eigenvalue weighted by atomic mass is 32.2. The minimum atomic E-state index is -4.74. The zero-order valence-corrected chi connectivity index (χ0v) is 18.8. The molecular formula is C21H22F3N5O3S. The molecular weight excluding hydrogens is 459 g/mol. The van der Waals surface area contributed by atoms with Crippen molar-refractivity contribution in [2.75, 3.05) is 11.5 Å². The van der Waals surface area contributed by atoms with Gasteiger partial charge in [0.1, 0.15) is 22.7 Å². The molecule has 3 aromatic rings. The third-order valence-electron chi connectivity index (χ3n) is 6.27. The van der Waals surface area contributed by atoms with Crippen LogP contribution in [0.5, 0.6) is 0 Å². The number of pyridine rings is 2. The molecule has 2 fully saturated rings. The van der Waals surface area contributed by atoms with Crippen LogP contribution in [0, 0.1) is 0 Å². The fourth-order valence-corrected chi connectivity index (χ4v) is 5.27. The highest BCUT2D eigenvalue weighted by Gasteiger charge is 2.40. The van der Waals surface area contributed by atoms with E-state index in [4.69, 9.17) is 5.73 Å². The number of halogens is 3. The van der Waals surface area contributed by atoms with Crippen LogP contribution in [0.15, 0.2) is 21.8 Å². The van der Waals surface area contributed by atoms with Gasteiger partial charge >= 0.3 is 6.18 Å². The van der Waals surface area contributed by atoms with Crippen molar-refractivity contribution in [3.05, 3.63) is 33.7 Å². The van der Waals surface area contributed by atoms with E-state index in [1.807, 2.05) is 0 Å². The molecule has 0 aliphatic heterocycles. The van der Waals surface area contributed by atoms with Crippen LogP contribution < -0.4 is 11.3 Å². The number of imidazole rings is 1. The second kappa shape index (κ2) is 7.05. The molecule has 0 saturated heterocycles. The largest absolute Gasteiger partial charge is 0.431 e. The molecule has 0 aromatic carbocycles. The van der Waals surface area contributed by atoms with E-state index in [2.05, 4.69) is 9.97 Å². The maximum atomic E-state index is 13.7. The maximum Gasteiger partial charge on any atom is 0.431 e. The third-order valence-corrected chi connectivity index (χ3v) is 8.01. The molecule has 12 heteroatoms. The smallest absolute Gasteiger partial charge is 0.383 e. The summed E-state index contributed by atoms with van der Waals surface area (Å²) in [6, 6.07) is 1.82. The van der Waals surface area contributed by atoms with E-state index < -0.39 is 33.3 Å². The zero-order valence-electron chi connectivity index (χ0n) is 18.0. The number of aromatic nitrogens is 4. The summed E-state index contributed by atoms with van der Waals surface area (Å²) in [5.41, 5.74) is 4.60. The molecule has 3 aromatic heterocycles. The van der Waals surface area contributed by atoms with Crippen LogP contribution in [0.4, 0.5) is 19.0 Å². The molecule has 5 rings (SSSR count). The number of hydrogen-bond donors (Lipinski definition) is 1. The van der Waals surface area contributed by atoms with Gasteiger partial charge in [0.25, 0.3) is 5.56 Å². The van der Waals surface area contributed by atoms with E-state index in [0.717, 1.165) is 23.5 Å². The third kappa shape index (κ3) is 3.51. The summed E-state index contributed by atoms with van der Waals surface area (Å²) < 4.78 is 69.0. The predicted molar refractivity (Wildman–Crippen MR) is 116 cm³/mol. The first-order valence-corrected chi connectivity index (χ1v) is 12.3. The van der Waals surface area contributed by atoms with Gasteiger partial charge in [0, 0.05) is 13.1 Å². The highest BCUT2D eigenvalue weighted by molar-refractivity contribution is 7.91. The zero-order chi connectivity index (χ0) is 23.9. The van der Waals surface area contributed by atoms with Crippen LogP contribution in [0.2, 0.25) is 0 Å². The first kappa shape index (κ1) is 21.9. The minimum absolute atomic E-state index is 0.0233. The molecule has 0 radical (unpaired) electrons. The summed E-state index contributed by atoms with van der Waals surface area (Å²) in [5.74, 6) is 0.0653. The second-order valence-corrected chi connectivity index (χ2v) is 10.9. The van der Waals surface area contributed by atoms with Crippen molar-refractivity contribution in [2.24, 2.45) is 7.05 Å². The summed E-state index contributed by atoms with van der Waals surface area (Å²) in [4.78, 5) is 21.6. The predicted octanol–water partition coefficient (Wildman–Crippen LogP) is 3.40. The van der Waals surface area contributed by atoms with E-state index in [1.165, 1.54) is 24.6 Å². The number of anilines is 1. The number of fused-ring (bicyclic) bond motifs is 1. The molecule has 0 atom stereocenters. The maximum absolute atomic E-state index is 13.7. The molecule has 2 saturated carbocycles. The van der Waals surface area contributed by atoms with Crippen LogP contribution in [-0.4, -0.2) is 33.3 Å². The average Bonchev–Trinajstić information content (AvgIpc) is 3.64. The average molecular weight is 482 g/mol. The van der Waals surface area contributed by atoms with Crippen molar-refractivity contribution in [3.63, 3.8) is 0 Å². The Bertz CT molecular complexity index is 1470. The van der Waals surface area contributed by atoms with Crippen LogP contribution in [0.25, 0.3) is 22.6 Å². The first-order valence-electron chi connectivity index (χ1n) is 10.7. The van der Waals surface area contributed by atoms with Gasteiger partial charge in [-0.05, 0) is 49.3 Å². The molecule has 0 amide bonds. The molecule has 0 unspecified atom stereocenters. The molecule has 0 bridgehead atoms. The van der Waals surface area contributed by atoms with Gasteiger partial charge in [-0.25, -0.2) is 18.4 Å². The summed E-state index contributed by atoms with van der Waals surface area (Å²) in [7, 11) is -2.30. The lowest BCUT2D eigenvalue weighted by Gasteiger charge is -2.15. The lowest BCUT2D eigenvalue weighted by atomic mass is 10.1. The second-order valence-electron chi connectivity index (χ2n) is 8.65. The van der Waals surface area contributed by atoms with Gasteiger partial charge in [-0.2, -0.15) is 13.2 Å². The van der Waals surface area contributed by atoms with E-state index in [1.54, 1.807) is 0 Å². The van der Waals surface area contributed by atoms with Gasteiger partial charge in [-0.1, -0.05) is 6.92 Å². The SMILES string of the molecule is CCS(=O)(=O)c1cc(C2CC2)c(N)nc1-c1nc2cc(C(F)(F)F)n(C3CC3)c(=O)c2n1C. The molecule has 33 heavy (non-hydrogen) atoms. The molecule has 2 N–H and O–H groups in total. The Balaban J connectivity index is 1.82. The van der Waals surface area contributed by atoms with Crippen molar-refractivity contribution in [1.82, 2.24) is 19.1 Å². The number of sulfone groups is 1. The quantitative estimate of drug-likeness (QED) is 0.598. The first-order chi connectivity index (χ1) is 15.4. The van der Waals surface area contributed by atoms with Gasteiger partial charge in [0.2, 0.25) is 0 Å². The number of hydrogen-bond acceptors (Lipinski definition) is 6. The van der Waals surface area contributed by atoms with Gasteiger partial charge in [-0.15, -0.1) is 0 Å². The van der Waals surface area contributed by atoms with Crippen LogP contribution in [-0.2, 0) is 23.1 Å². The normalized spacial score (nSPS) is 17.1. The summed E-state index contributed by atoms with van der Waals surface area (Å²) in [5, 5.41) is 0. The lowest BCUT2D eigenvalue weighted by Crippen LogP contribution is -2.28. The number of nitrogens with zero attached hydrogens (tertiary/aromatic N) is 4. The molecule has 3 heterocycles. The Hall–Kier alpha value is -2.89. The topological polar surface area (TPSA) is 113 Å². The number of alkyl halides is 3. The van der Waals surface area contributed by atoms with Crippen molar-refractivity contribution < 1.29 is 21.6 Å². The van der Waals surface area contributed by atoms with Crippen molar-refractivity contribution in [2.45, 2.75) is 55.6 Å². The molecule has 0 spiro atoms. The van der Waals surface area contributed by atoms with E-state index in [9.17, 15) is 26.4 Å². The number of nitrogen functional groups attached to an aromatic ring is 1. The fourth-order valence-electron chi connectivity index (χ4n) is 4.22. The summed E-state index contributed by atoms with van der Waals surface area (Å²) in [6.07, 6.45) is -2.01. The van der Waals surface area contributed by atoms with Crippen molar-refractivity contribution in [1.29, 1.82) is 0 Å². The van der Waals surface area contributed by atoms with Crippen molar-refractivity contribution in [3.8, 4) is 11.5 Å². The molecule has 2 aliphatic rings. The van der Waals surface area contributed by atoms with E-state index in [0.29, 0.717) is 18.4 Å². The summed E-state index contributed by atoms with van der Waals surface area (Å²) >= 11 is 0. The van der Waals surface area contributed by atoms with Crippen LogP contribution >= 0.6 is 0 Å². The number of aryl methyl sites for hydroxylation is 1. The van der Waals surface area contributed by atoms with Gasteiger partial charge in [-0.3, -0.25) is 9.36 Å². The number of rotatable bonds is 5. The molecule has 8 nitrogen and oxygen atoms in total. The number of nitrogens with two attached hydrogens (primary N) is 1. The Kier molecular flexibility index (Phi) is 4.69.